The van der Waals surface area contributed by atoms with Crippen LogP contribution in [0.4, 0.5) is 0 Å². The number of carbonyl (C=O) groups excluding carboxylic acids is 2. The molecule has 0 N–H and O–H groups in total. The number of fused-ring (bicyclic) bond motifs is 2. The van der Waals surface area contributed by atoms with E-state index in [4.69, 9.17) is 4.74 Å². The first kappa shape index (κ1) is 16.3. The summed E-state index contributed by atoms with van der Waals surface area (Å²) in [5.74, 6) is -0.607. The molecule has 1 aliphatic heterocycles. The number of likely N-dealkylation sites (N-methyl/N-ethyl adjacent to an activating group) is 1. The van der Waals surface area contributed by atoms with Crippen LogP contribution >= 0.6 is 0 Å². The molecule has 1 atom stereocenters. The summed E-state index contributed by atoms with van der Waals surface area (Å²) in [4.78, 5) is 26.6. The summed E-state index contributed by atoms with van der Waals surface area (Å²) in [6.45, 7) is 0.468. The van der Waals surface area contributed by atoms with Gasteiger partial charge < -0.3 is 9.64 Å². The van der Waals surface area contributed by atoms with Gasteiger partial charge in [0.25, 0.3) is 5.91 Å². The maximum atomic E-state index is 12.8. The lowest BCUT2D eigenvalue weighted by Gasteiger charge is -2.28. The number of benzene rings is 3. The van der Waals surface area contributed by atoms with Crippen molar-refractivity contribution in [3.63, 3.8) is 0 Å². The molecule has 1 amide bonds. The van der Waals surface area contributed by atoms with Crippen molar-refractivity contribution in [2.45, 2.75) is 19.1 Å². The highest BCUT2D eigenvalue weighted by molar-refractivity contribution is 5.96. The van der Waals surface area contributed by atoms with Gasteiger partial charge in [-0.15, -0.1) is 0 Å². The standard InChI is InChI=1S/C22H19NO3/c1-23(14-17-10-6-9-15-7-2-4-11-18(15)17)21(24)20-13-16-8-3-5-12-19(16)22(25)26-20/h2-12,20H,13-14H2,1H3. The Bertz CT molecular complexity index is 990. The molecule has 3 aromatic carbocycles. The van der Waals surface area contributed by atoms with Crippen LogP contribution < -0.4 is 0 Å². The zero-order valence-electron chi connectivity index (χ0n) is 14.5. The van der Waals surface area contributed by atoms with E-state index in [0.717, 1.165) is 21.9 Å². The average Bonchev–Trinajstić information content (AvgIpc) is 2.67. The third-order valence-electron chi connectivity index (χ3n) is 4.83. The van der Waals surface area contributed by atoms with Crippen LogP contribution in [0.5, 0.6) is 0 Å². The molecule has 0 saturated heterocycles. The molecule has 0 radical (unpaired) electrons. The van der Waals surface area contributed by atoms with Gasteiger partial charge in [0.05, 0.1) is 5.56 Å². The Balaban J connectivity index is 1.54. The number of carbonyl (C=O) groups is 2. The van der Waals surface area contributed by atoms with Crippen molar-refractivity contribution in [2.24, 2.45) is 0 Å². The minimum Gasteiger partial charge on any atom is -0.448 e. The van der Waals surface area contributed by atoms with Gasteiger partial charge in [0.2, 0.25) is 0 Å². The number of hydrogen-bond donors (Lipinski definition) is 0. The Labute approximate surface area is 152 Å². The van der Waals surface area contributed by atoms with E-state index in [1.165, 1.54) is 0 Å². The molecule has 0 aliphatic carbocycles. The molecule has 130 valence electrons. The fourth-order valence-electron chi connectivity index (χ4n) is 3.48. The van der Waals surface area contributed by atoms with Gasteiger partial charge in [0.15, 0.2) is 6.10 Å². The molecule has 4 rings (SSSR count). The maximum absolute atomic E-state index is 12.8. The van der Waals surface area contributed by atoms with Crippen LogP contribution in [0.1, 0.15) is 21.5 Å². The predicted octanol–water partition coefficient (Wildman–Crippen LogP) is 3.58. The molecule has 4 nitrogen and oxygen atoms in total. The molecule has 0 fully saturated rings. The molecular formula is C22H19NO3. The SMILES string of the molecule is CN(Cc1cccc2ccccc12)C(=O)C1Cc2ccccc2C(=O)O1. The van der Waals surface area contributed by atoms with Crippen LogP contribution in [0.15, 0.2) is 66.7 Å². The molecule has 0 spiro atoms. The number of esters is 1. The van der Waals surface area contributed by atoms with Gasteiger partial charge in [0, 0.05) is 20.0 Å². The normalized spacial score (nSPS) is 16.0. The molecule has 0 bridgehead atoms. The summed E-state index contributed by atoms with van der Waals surface area (Å²) in [6.07, 6.45) is -0.349. The molecule has 26 heavy (non-hydrogen) atoms. The summed E-state index contributed by atoms with van der Waals surface area (Å²) in [6, 6.07) is 21.5. The number of ether oxygens (including phenoxy) is 1. The molecule has 1 heterocycles. The second-order valence-corrected chi connectivity index (χ2v) is 6.59. The maximum Gasteiger partial charge on any atom is 0.339 e. The van der Waals surface area contributed by atoms with E-state index in [2.05, 4.69) is 18.2 Å². The zero-order valence-corrected chi connectivity index (χ0v) is 14.5. The van der Waals surface area contributed by atoms with E-state index in [0.29, 0.717) is 18.5 Å². The Morgan fingerprint density at radius 3 is 2.65 bits per heavy atom. The Morgan fingerprint density at radius 2 is 1.77 bits per heavy atom. The summed E-state index contributed by atoms with van der Waals surface area (Å²) in [5, 5.41) is 2.27. The average molecular weight is 345 g/mol. The zero-order chi connectivity index (χ0) is 18.1. The monoisotopic (exact) mass is 345 g/mol. The first-order chi connectivity index (χ1) is 12.6. The van der Waals surface area contributed by atoms with Crippen molar-refractivity contribution in [1.29, 1.82) is 0 Å². The Kier molecular flexibility index (Phi) is 4.17. The first-order valence-electron chi connectivity index (χ1n) is 8.64. The van der Waals surface area contributed by atoms with Crippen molar-refractivity contribution in [1.82, 2.24) is 4.90 Å². The number of nitrogens with zero attached hydrogens (tertiary/aromatic N) is 1. The predicted molar refractivity (Wildman–Crippen MR) is 99.8 cm³/mol. The van der Waals surface area contributed by atoms with Gasteiger partial charge >= 0.3 is 5.97 Å². The fraction of sp³-hybridized carbons (Fsp3) is 0.182. The highest BCUT2D eigenvalue weighted by Gasteiger charge is 2.32. The van der Waals surface area contributed by atoms with Gasteiger partial charge in [0.1, 0.15) is 0 Å². The number of amides is 1. The van der Waals surface area contributed by atoms with Crippen LogP contribution in [0, 0.1) is 0 Å². The molecule has 0 aromatic heterocycles. The number of rotatable bonds is 3. The Morgan fingerprint density at radius 1 is 1.04 bits per heavy atom. The van der Waals surface area contributed by atoms with Crippen LogP contribution in [-0.4, -0.2) is 29.9 Å². The fourth-order valence-corrected chi connectivity index (χ4v) is 3.48. The first-order valence-corrected chi connectivity index (χ1v) is 8.64. The van der Waals surface area contributed by atoms with Gasteiger partial charge in [-0.25, -0.2) is 4.79 Å². The summed E-state index contributed by atoms with van der Waals surface area (Å²) in [5.41, 5.74) is 2.48. The quantitative estimate of drug-likeness (QED) is 0.682. The topological polar surface area (TPSA) is 46.6 Å². The van der Waals surface area contributed by atoms with Crippen molar-refractivity contribution in [3.8, 4) is 0 Å². The lowest BCUT2D eigenvalue weighted by Crippen LogP contribution is -2.42. The molecule has 0 saturated carbocycles. The highest BCUT2D eigenvalue weighted by atomic mass is 16.5. The molecule has 4 heteroatoms. The highest BCUT2D eigenvalue weighted by Crippen LogP contribution is 2.23. The van der Waals surface area contributed by atoms with Gasteiger partial charge in [-0.3, -0.25) is 4.79 Å². The number of cyclic esters (lactones) is 1. The van der Waals surface area contributed by atoms with Crippen molar-refractivity contribution in [3.05, 3.63) is 83.4 Å². The molecule has 1 aliphatic rings. The van der Waals surface area contributed by atoms with Gasteiger partial charge in [-0.1, -0.05) is 60.7 Å². The van der Waals surface area contributed by atoms with E-state index in [1.54, 1.807) is 24.1 Å². The third kappa shape index (κ3) is 2.94. The molecule has 3 aromatic rings. The summed E-state index contributed by atoms with van der Waals surface area (Å²) < 4.78 is 5.39. The van der Waals surface area contributed by atoms with E-state index in [-0.39, 0.29) is 5.91 Å². The van der Waals surface area contributed by atoms with Crippen molar-refractivity contribution in [2.75, 3.05) is 7.05 Å². The van der Waals surface area contributed by atoms with Crippen LogP contribution in [-0.2, 0) is 22.5 Å². The van der Waals surface area contributed by atoms with Crippen molar-refractivity contribution >= 4 is 22.6 Å². The minimum atomic E-state index is -0.766. The van der Waals surface area contributed by atoms with Crippen molar-refractivity contribution < 1.29 is 14.3 Å². The van der Waals surface area contributed by atoms with Gasteiger partial charge in [-0.2, -0.15) is 0 Å². The van der Waals surface area contributed by atoms with Crippen LogP contribution in [0.3, 0.4) is 0 Å². The lowest BCUT2D eigenvalue weighted by molar-refractivity contribution is -0.140. The second kappa shape index (κ2) is 6.64. The second-order valence-electron chi connectivity index (χ2n) is 6.59. The Hall–Kier alpha value is -3.14. The smallest absolute Gasteiger partial charge is 0.339 e. The molecule has 1 unspecified atom stereocenters. The summed E-state index contributed by atoms with van der Waals surface area (Å²) >= 11 is 0. The van der Waals surface area contributed by atoms with E-state index >= 15 is 0 Å². The van der Waals surface area contributed by atoms with E-state index in [9.17, 15) is 9.59 Å². The van der Waals surface area contributed by atoms with E-state index in [1.807, 2.05) is 36.4 Å². The lowest BCUT2D eigenvalue weighted by atomic mass is 9.98. The van der Waals surface area contributed by atoms with Crippen LogP contribution in [0.2, 0.25) is 0 Å². The molecular weight excluding hydrogens is 326 g/mol. The van der Waals surface area contributed by atoms with Gasteiger partial charge in [-0.05, 0) is 28.0 Å². The minimum absolute atomic E-state index is 0.180. The summed E-state index contributed by atoms with van der Waals surface area (Å²) in [7, 11) is 1.75. The van der Waals surface area contributed by atoms with Crippen LogP contribution in [0.25, 0.3) is 10.8 Å². The number of hydrogen-bond acceptors (Lipinski definition) is 3. The third-order valence-corrected chi connectivity index (χ3v) is 4.83. The van der Waals surface area contributed by atoms with E-state index < -0.39 is 12.1 Å². The largest absolute Gasteiger partial charge is 0.448 e.